The fourth-order valence-corrected chi connectivity index (χ4v) is 1.66. The van der Waals surface area contributed by atoms with E-state index in [0.29, 0.717) is 13.2 Å². The van der Waals surface area contributed by atoms with E-state index in [1.165, 1.54) is 0 Å². The van der Waals surface area contributed by atoms with Crippen molar-refractivity contribution in [1.29, 1.82) is 0 Å². The fourth-order valence-electron chi connectivity index (χ4n) is 1.66. The Morgan fingerprint density at radius 1 is 0.950 bits per heavy atom. The highest BCUT2D eigenvalue weighted by Gasteiger charge is 2.08. The SMILES string of the molecule is OC[C@H](COCc1ccccc1)ONc1ccccc1. The molecule has 2 rings (SSSR count). The molecule has 0 saturated carbocycles. The van der Waals surface area contributed by atoms with Crippen molar-refractivity contribution in [1.82, 2.24) is 0 Å². The molecule has 0 bridgehead atoms. The van der Waals surface area contributed by atoms with Crippen LogP contribution in [0.1, 0.15) is 5.56 Å². The zero-order valence-electron chi connectivity index (χ0n) is 11.2. The summed E-state index contributed by atoms with van der Waals surface area (Å²) in [6.07, 6.45) is -0.404. The Labute approximate surface area is 118 Å². The third-order valence-corrected chi connectivity index (χ3v) is 2.74. The van der Waals surface area contributed by atoms with E-state index in [2.05, 4.69) is 5.48 Å². The Bertz CT molecular complexity index is 476. The molecule has 0 aliphatic rings. The normalized spacial score (nSPS) is 12.1. The molecule has 1 atom stereocenters. The molecule has 0 spiro atoms. The molecule has 2 aromatic rings. The lowest BCUT2D eigenvalue weighted by Crippen LogP contribution is -2.26. The molecule has 0 fully saturated rings. The minimum absolute atomic E-state index is 0.103. The molecule has 106 valence electrons. The Balaban J connectivity index is 1.70. The van der Waals surface area contributed by atoms with E-state index in [-0.39, 0.29) is 6.61 Å². The molecule has 4 nitrogen and oxygen atoms in total. The summed E-state index contributed by atoms with van der Waals surface area (Å²) in [5.74, 6) is 0. The molecule has 0 aliphatic carbocycles. The van der Waals surface area contributed by atoms with Gasteiger partial charge < -0.3 is 9.84 Å². The van der Waals surface area contributed by atoms with Gasteiger partial charge in [0.2, 0.25) is 0 Å². The molecule has 0 amide bonds. The van der Waals surface area contributed by atoms with Crippen molar-refractivity contribution in [2.24, 2.45) is 0 Å². The summed E-state index contributed by atoms with van der Waals surface area (Å²) in [7, 11) is 0. The van der Waals surface area contributed by atoms with Crippen LogP contribution in [-0.4, -0.2) is 24.4 Å². The number of benzene rings is 2. The number of para-hydroxylation sites is 1. The highest BCUT2D eigenvalue weighted by molar-refractivity contribution is 5.40. The number of anilines is 1. The van der Waals surface area contributed by atoms with Gasteiger partial charge in [0.1, 0.15) is 6.10 Å². The molecule has 0 radical (unpaired) electrons. The van der Waals surface area contributed by atoms with Crippen LogP contribution in [0.5, 0.6) is 0 Å². The van der Waals surface area contributed by atoms with Crippen LogP contribution in [0, 0.1) is 0 Å². The van der Waals surface area contributed by atoms with E-state index in [1.807, 2.05) is 60.7 Å². The number of aliphatic hydroxyl groups excluding tert-OH is 1. The second-order valence-corrected chi connectivity index (χ2v) is 4.39. The van der Waals surface area contributed by atoms with Crippen LogP contribution in [0.25, 0.3) is 0 Å². The highest BCUT2D eigenvalue weighted by atomic mass is 16.7. The van der Waals surface area contributed by atoms with Gasteiger partial charge in [-0.1, -0.05) is 48.5 Å². The van der Waals surface area contributed by atoms with Crippen molar-refractivity contribution in [2.45, 2.75) is 12.7 Å². The largest absolute Gasteiger partial charge is 0.393 e. The maximum absolute atomic E-state index is 9.26. The van der Waals surface area contributed by atoms with Crippen LogP contribution < -0.4 is 5.48 Å². The van der Waals surface area contributed by atoms with Crippen LogP contribution in [0.4, 0.5) is 5.69 Å². The highest BCUT2D eigenvalue weighted by Crippen LogP contribution is 2.07. The zero-order valence-corrected chi connectivity index (χ0v) is 11.2. The van der Waals surface area contributed by atoms with Crippen LogP contribution in [0.2, 0.25) is 0 Å². The summed E-state index contributed by atoms with van der Waals surface area (Å²) in [6, 6.07) is 19.4. The number of rotatable bonds is 8. The first-order chi connectivity index (χ1) is 9.88. The van der Waals surface area contributed by atoms with Gasteiger partial charge in [-0.15, -0.1) is 0 Å². The third-order valence-electron chi connectivity index (χ3n) is 2.74. The van der Waals surface area contributed by atoms with Crippen LogP contribution in [0.3, 0.4) is 0 Å². The quantitative estimate of drug-likeness (QED) is 0.726. The Kier molecular flexibility index (Phi) is 6.05. The van der Waals surface area contributed by atoms with Crippen molar-refractivity contribution in [2.75, 3.05) is 18.7 Å². The van der Waals surface area contributed by atoms with Crippen LogP contribution >= 0.6 is 0 Å². The first-order valence-corrected chi connectivity index (χ1v) is 6.57. The summed E-state index contributed by atoms with van der Waals surface area (Å²) < 4.78 is 5.54. The van der Waals surface area contributed by atoms with Crippen molar-refractivity contribution >= 4 is 5.69 Å². The predicted molar refractivity (Wildman–Crippen MR) is 78.1 cm³/mol. The molecule has 2 N–H and O–H groups in total. The molecule has 0 unspecified atom stereocenters. The molecule has 0 heterocycles. The van der Waals surface area contributed by atoms with Gasteiger partial charge in [-0.3, -0.25) is 10.3 Å². The smallest absolute Gasteiger partial charge is 0.132 e. The second kappa shape index (κ2) is 8.32. The first-order valence-electron chi connectivity index (χ1n) is 6.57. The van der Waals surface area contributed by atoms with E-state index in [9.17, 15) is 5.11 Å². The molecule has 0 aliphatic heterocycles. The second-order valence-electron chi connectivity index (χ2n) is 4.39. The molecule has 4 heteroatoms. The van der Waals surface area contributed by atoms with E-state index in [4.69, 9.17) is 9.57 Å². The summed E-state index contributed by atoms with van der Waals surface area (Å²) >= 11 is 0. The van der Waals surface area contributed by atoms with Crippen molar-refractivity contribution in [3.63, 3.8) is 0 Å². The lowest BCUT2D eigenvalue weighted by atomic mass is 10.2. The number of hydrogen-bond acceptors (Lipinski definition) is 4. The fraction of sp³-hybridized carbons (Fsp3) is 0.250. The predicted octanol–water partition coefficient (Wildman–Crippen LogP) is 2.61. The number of aliphatic hydroxyl groups is 1. The van der Waals surface area contributed by atoms with Gasteiger partial charge in [0.05, 0.1) is 25.5 Å². The van der Waals surface area contributed by atoms with Gasteiger partial charge in [0, 0.05) is 0 Å². The number of nitrogens with one attached hydrogen (secondary N) is 1. The molecule has 0 saturated heterocycles. The van der Waals surface area contributed by atoms with Gasteiger partial charge in [0.25, 0.3) is 0 Å². The van der Waals surface area contributed by atoms with E-state index in [1.54, 1.807) is 0 Å². The van der Waals surface area contributed by atoms with Gasteiger partial charge >= 0.3 is 0 Å². The third kappa shape index (κ3) is 5.01. The first kappa shape index (κ1) is 14.5. The summed E-state index contributed by atoms with van der Waals surface area (Å²) in [6.45, 7) is 0.728. The maximum atomic E-state index is 9.26. The molecule has 2 aromatic carbocycles. The van der Waals surface area contributed by atoms with Gasteiger partial charge in [-0.05, 0) is 17.7 Å². The molecule has 20 heavy (non-hydrogen) atoms. The maximum Gasteiger partial charge on any atom is 0.132 e. The monoisotopic (exact) mass is 273 g/mol. The number of hydrogen-bond donors (Lipinski definition) is 2. The van der Waals surface area contributed by atoms with Crippen LogP contribution in [0.15, 0.2) is 60.7 Å². The van der Waals surface area contributed by atoms with Gasteiger partial charge in [-0.2, -0.15) is 0 Å². The molecular weight excluding hydrogens is 254 g/mol. The molecule has 0 aromatic heterocycles. The average Bonchev–Trinajstić information content (AvgIpc) is 2.52. The average molecular weight is 273 g/mol. The number of ether oxygens (including phenoxy) is 1. The summed E-state index contributed by atoms with van der Waals surface area (Å²) in [5.41, 5.74) is 4.74. The lowest BCUT2D eigenvalue weighted by molar-refractivity contribution is -0.0257. The van der Waals surface area contributed by atoms with Crippen molar-refractivity contribution in [3.8, 4) is 0 Å². The zero-order chi connectivity index (χ0) is 14.0. The standard InChI is InChI=1S/C16H19NO3/c18-11-16(20-17-15-9-5-2-6-10-15)13-19-12-14-7-3-1-4-8-14/h1-10,16-18H,11-13H2/t16-/m1/s1. The van der Waals surface area contributed by atoms with Crippen LogP contribution in [-0.2, 0) is 16.2 Å². The minimum atomic E-state index is -0.404. The van der Waals surface area contributed by atoms with Crippen molar-refractivity contribution in [3.05, 3.63) is 66.2 Å². The van der Waals surface area contributed by atoms with Gasteiger partial charge in [0.15, 0.2) is 0 Å². The lowest BCUT2D eigenvalue weighted by Gasteiger charge is -2.16. The molecular formula is C16H19NO3. The Morgan fingerprint density at radius 2 is 1.60 bits per heavy atom. The Morgan fingerprint density at radius 3 is 2.25 bits per heavy atom. The topological polar surface area (TPSA) is 50.7 Å². The minimum Gasteiger partial charge on any atom is -0.393 e. The summed E-state index contributed by atoms with van der Waals surface area (Å²) in [4.78, 5) is 5.39. The van der Waals surface area contributed by atoms with Gasteiger partial charge in [-0.25, -0.2) is 0 Å². The summed E-state index contributed by atoms with van der Waals surface area (Å²) in [5, 5.41) is 9.26. The van der Waals surface area contributed by atoms with E-state index < -0.39 is 6.10 Å². The van der Waals surface area contributed by atoms with Crippen molar-refractivity contribution < 1.29 is 14.7 Å². The Hall–Kier alpha value is -1.88. The van der Waals surface area contributed by atoms with E-state index >= 15 is 0 Å². The van der Waals surface area contributed by atoms with E-state index in [0.717, 1.165) is 11.3 Å².